The van der Waals surface area contributed by atoms with Crippen LogP contribution in [0.3, 0.4) is 0 Å². The number of pyridine rings is 2. The highest BCUT2D eigenvalue weighted by Gasteiger charge is 2.31. The Bertz CT molecular complexity index is 3320. The van der Waals surface area contributed by atoms with E-state index in [1.54, 1.807) is 118 Å². The highest BCUT2D eigenvalue weighted by atomic mass is 35.5. The average Bonchev–Trinajstić information content (AvgIpc) is 3.32. The van der Waals surface area contributed by atoms with Crippen molar-refractivity contribution in [3.63, 3.8) is 0 Å². The van der Waals surface area contributed by atoms with Crippen molar-refractivity contribution >= 4 is 68.1 Å². The Kier molecular flexibility index (Phi) is 16.4. The third kappa shape index (κ3) is 15.0. The lowest BCUT2D eigenvalue weighted by molar-refractivity contribution is -0.138. The smallest absolute Gasteiger partial charge is 0.416 e. The maximum absolute atomic E-state index is 13.1. The standard InChI is InChI=1S/C28H23F3N2O3.C14H8ClF3O.C14H16N2O2.H/c1-27(2,3)36-26(35)19-10-14-23-18(16-19)11-15-24(32-23)33-25(34)22-7-5-4-6-21(22)17-8-12-20(13-9-17)28(29,30)31;15-13(19)12-4-2-1-3-11(12)9-5-7-10(8-6-9)14(16,17)18;1-14(2,3)18-13(17)10-4-6-11-9(8-10)5-7-12(15)16-11;/h4-16H,1-3H3,(H,32,33,34);1-8H;4-8H,1-3H3,(H2,15,16);/q;;;-1/i;;;1+1. The van der Waals surface area contributed by atoms with Gasteiger partial charge in [-0.05, 0) is 172 Å². The Morgan fingerprint density at radius 2 is 0.932 bits per heavy atom. The van der Waals surface area contributed by atoms with Gasteiger partial charge in [0.05, 0.1) is 33.3 Å². The highest BCUT2D eigenvalue weighted by molar-refractivity contribution is 6.68. The van der Waals surface area contributed by atoms with E-state index in [4.69, 9.17) is 26.8 Å². The molecule has 0 spiro atoms. The second-order valence-corrected chi connectivity index (χ2v) is 18.6. The van der Waals surface area contributed by atoms with Crippen molar-refractivity contribution in [2.24, 2.45) is 0 Å². The summed E-state index contributed by atoms with van der Waals surface area (Å²) in [4.78, 5) is 57.2. The molecule has 0 radical (unpaired) electrons. The number of aromatic nitrogens is 2. The molecule has 0 atom stereocenters. The van der Waals surface area contributed by atoms with E-state index in [0.29, 0.717) is 61.5 Å². The molecular weight excluding hydrogens is 974 g/mol. The monoisotopic (exact) mass is 1020 g/mol. The Balaban J connectivity index is 0.000000225. The molecule has 0 aliphatic heterocycles. The van der Waals surface area contributed by atoms with Crippen molar-refractivity contribution in [2.75, 3.05) is 11.1 Å². The van der Waals surface area contributed by atoms with E-state index in [1.165, 1.54) is 30.3 Å². The summed E-state index contributed by atoms with van der Waals surface area (Å²) in [5.41, 5.74) is 7.79. The number of nitrogens with zero attached hydrogens (tertiary/aromatic N) is 2. The molecule has 0 aliphatic rings. The molecule has 8 rings (SSSR count). The van der Waals surface area contributed by atoms with E-state index < -0.39 is 51.8 Å². The second-order valence-electron chi connectivity index (χ2n) is 18.2. The van der Waals surface area contributed by atoms with Crippen LogP contribution >= 0.6 is 11.6 Å². The molecule has 17 heteroatoms. The van der Waals surface area contributed by atoms with Crippen molar-refractivity contribution in [1.29, 1.82) is 0 Å². The first-order chi connectivity index (χ1) is 34.1. The molecule has 0 bridgehead atoms. The van der Waals surface area contributed by atoms with E-state index in [0.717, 1.165) is 35.2 Å². The predicted octanol–water partition coefficient (Wildman–Crippen LogP) is 14.8. The number of nitrogens with two attached hydrogens (primary N) is 1. The number of hydrogen-bond acceptors (Lipinski definition) is 9. The molecule has 2 heterocycles. The zero-order valence-corrected chi connectivity index (χ0v) is 40.8. The van der Waals surface area contributed by atoms with Gasteiger partial charge in [0.15, 0.2) is 0 Å². The van der Waals surface area contributed by atoms with Crippen molar-refractivity contribution in [1.82, 2.24) is 9.97 Å². The van der Waals surface area contributed by atoms with Crippen LogP contribution in [0, 0.1) is 0 Å². The minimum Gasteiger partial charge on any atom is -1.00 e. The van der Waals surface area contributed by atoms with Crippen LogP contribution in [0.4, 0.5) is 38.0 Å². The molecule has 0 aliphatic carbocycles. The van der Waals surface area contributed by atoms with Crippen LogP contribution in [0.25, 0.3) is 44.1 Å². The molecule has 1 amide bonds. The number of esters is 2. The average molecular weight is 1020 g/mol. The molecule has 73 heavy (non-hydrogen) atoms. The van der Waals surface area contributed by atoms with Crippen LogP contribution < -0.4 is 11.1 Å². The van der Waals surface area contributed by atoms with E-state index in [-0.39, 0.29) is 13.0 Å². The molecule has 6 aromatic carbocycles. The molecule has 0 fully saturated rings. The number of amides is 1. The number of rotatable bonds is 7. The SMILES string of the molecule is CC(C)(C)OC(=O)c1ccc2nc(N)ccc2c1.CC(C)(C)OC(=O)c1ccc2nc(NC(=O)c3ccccc3-c3ccc(C(F)(F)F)cc3)ccc2c1.O=C(Cl)c1ccccc1-c1ccc(C(F)(F)F)cc1.[2H-]. The van der Waals surface area contributed by atoms with E-state index in [1.807, 2.05) is 26.8 Å². The van der Waals surface area contributed by atoms with Crippen molar-refractivity contribution < 1.29 is 56.4 Å². The predicted molar refractivity (Wildman–Crippen MR) is 271 cm³/mol. The number of anilines is 2. The van der Waals surface area contributed by atoms with Gasteiger partial charge in [0.1, 0.15) is 22.8 Å². The fraction of sp³-hybridized carbons (Fsp3) is 0.179. The first-order valence-corrected chi connectivity index (χ1v) is 22.6. The van der Waals surface area contributed by atoms with Crippen LogP contribution in [0.1, 0.15) is 95.5 Å². The number of halogens is 7. The summed E-state index contributed by atoms with van der Waals surface area (Å²) in [6.07, 6.45) is -8.81. The largest absolute Gasteiger partial charge is 1.00 e. The van der Waals surface area contributed by atoms with Crippen LogP contribution in [0.2, 0.25) is 0 Å². The number of alkyl halides is 6. The summed E-state index contributed by atoms with van der Waals surface area (Å²) in [6.45, 7) is 10.9. The molecule has 0 saturated heterocycles. The Morgan fingerprint density at radius 3 is 1.37 bits per heavy atom. The highest BCUT2D eigenvalue weighted by Crippen LogP contribution is 2.34. The summed E-state index contributed by atoms with van der Waals surface area (Å²) >= 11 is 5.44. The lowest BCUT2D eigenvalue weighted by atomic mass is 9.98. The molecule has 3 N–H and O–H groups in total. The van der Waals surface area contributed by atoms with Crippen molar-refractivity contribution in [3.8, 4) is 22.3 Å². The van der Waals surface area contributed by atoms with Gasteiger partial charge in [0.2, 0.25) is 0 Å². The Hall–Kier alpha value is -8.11. The normalized spacial score (nSPS) is 11.6. The number of benzene rings is 6. The first-order valence-electron chi connectivity index (χ1n) is 22.2. The molecular formula is C56H48ClF6N4O6-. The summed E-state index contributed by atoms with van der Waals surface area (Å²) in [6, 6.07) is 39.5. The minimum absolute atomic E-state index is 0. The number of nitrogen functional groups attached to an aromatic ring is 1. The van der Waals surface area contributed by atoms with Gasteiger partial charge in [-0.3, -0.25) is 9.59 Å². The van der Waals surface area contributed by atoms with Gasteiger partial charge in [-0.1, -0.05) is 60.7 Å². The summed E-state index contributed by atoms with van der Waals surface area (Å²) in [7, 11) is 0. The molecule has 0 unspecified atom stereocenters. The van der Waals surface area contributed by atoms with Gasteiger partial charge in [-0.15, -0.1) is 0 Å². The number of ether oxygens (including phenoxy) is 2. The molecule has 2 aromatic heterocycles. The topological polar surface area (TPSA) is 151 Å². The number of carbonyl (C=O) groups excluding carboxylic acids is 4. The summed E-state index contributed by atoms with van der Waals surface area (Å²) < 4.78 is 86.8. The summed E-state index contributed by atoms with van der Waals surface area (Å²) in [5.74, 6) is -0.474. The van der Waals surface area contributed by atoms with Crippen molar-refractivity contribution in [2.45, 2.75) is 65.1 Å². The fourth-order valence-electron chi connectivity index (χ4n) is 6.96. The fourth-order valence-corrected chi connectivity index (χ4v) is 7.13. The number of nitrogens with one attached hydrogen (secondary N) is 1. The molecule has 0 saturated carbocycles. The summed E-state index contributed by atoms with van der Waals surface area (Å²) in [5, 5.41) is 3.66. The van der Waals surface area contributed by atoms with E-state index in [9.17, 15) is 45.5 Å². The maximum Gasteiger partial charge on any atom is 0.416 e. The number of carbonyl (C=O) groups is 4. The zero-order chi connectivity index (χ0) is 53.5. The van der Waals surface area contributed by atoms with Crippen LogP contribution in [0.5, 0.6) is 0 Å². The van der Waals surface area contributed by atoms with Crippen LogP contribution in [-0.4, -0.2) is 44.3 Å². The molecule has 10 nitrogen and oxygen atoms in total. The first kappa shape index (κ1) is 54.2. The van der Waals surface area contributed by atoms with Gasteiger partial charge in [0.25, 0.3) is 11.1 Å². The third-order valence-electron chi connectivity index (χ3n) is 10.3. The number of fused-ring (bicyclic) bond motifs is 2. The molecule has 8 aromatic rings. The minimum atomic E-state index is -4.44. The lowest BCUT2D eigenvalue weighted by Gasteiger charge is -2.19. The van der Waals surface area contributed by atoms with Gasteiger partial charge < -0.3 is 22.0 Å². The maximum atomic E-state index is 13.1. The quantitative estimate of drug-likeness (QED) is 0.0903. The van der Waals surface area contributed by atoms with Gasteiger partial charge >= 0.3 is 24.3 Å². The van der Waals surface area contributed by atoms with Gasteiger partial charge in [-0.2, -0.15) is 26.3 Å². The Morgan fingerprint density at radius 1 is 0.521 bits per heavy atom. The van der Waals surface area contributed by atoms with E-state index in [2.05, 4.69) is 15.3 Å². The van der Waals surface area contributed by atoms with Crippen molar-refractivity contribution in [3.05, 3.63) is 191 Å². The van der Waals surface area contributed by atoms with Crippen LogP contribution in [0.15, 0.2) is 158 Å². The van der Waals surface area contributed by atoms with Gasteiger partial charge in [0, 0.05) is 21.9 Å². The molecule has 378 valence electrons. The van der Waals surface area contributed by atoms with Crippen LogP contribution in [-0.2, 0) is 21.8 Å². The Labute approximate surface area is 422 Å². The van der Waals surface area contributed by atoms with E-state index >= 15 is 0 Å². The lowest BCUT2D eigenvalue weighted by Crippen LogP contribution is -2.23. The van der Waals surface area contributed by atoms with Gasteiger partial charge in [-0.25, -0.2) is 19.6 Å². The number of hydrogen-bond donors (Lipinski definition) is 2. The second kappa shape index (κ2) is 22.1. The zero-order valence-electron chi connectivity index (χ0n) is 41.1. The third-order valence-corrected chi connectivity index (χ3v) is 10.5.